The average Bonchev–Trinajstić information content (AvgIpc) is 2.51. The van der Waals surface area contributed by atoms with Crippen molar-refractivity contribution in [2.24, 2.45) is 0 Å². The highest BCUT2D eigenvalue weighted by Gasteiger charge is 1.96. The summed E-state index contributed by atoms with van der Waals surface area (Å²) < 4.78 is 0. The number of thioether (sulfide) groups is 1. The van der Waals surface area contributed by atoms with Crippen LogP contribution < -0.4 is 0 Å². The summed E-state index contributed by atoms with van der Waals surface area (Å²) in [6.07, 6.45) is 18.9. The van der Waals surface area contributed by atoms with Crippen LogP contribution in [0.15, 0.2) is 36.5 Å². The predicted octanol–water partition coefficient (Wildman–Crippen LogP) is 4.97. The Labute approximate surface area is 145 Å². The van der Waals surface area contributed by atoms with Gasteiger partial charge < -0.3 is 10.2 Å². The Balaban J connectivity index is 3.43. The van der Waals surface area contributed by atoms with Gasteiger partial charge in [-0.1, -0.05) is 62.6 Å². The monoisotopic (exact) mass is 340 g/mol. The van der Waals surface area contributed by atoms with Crippen LogP contribution in [-0.4, -0.2) is 33.8 Å². The van der Waals surface area contributed by atoms with Crippen molar-refractivity contribution < 1.29 is 15.0 Å². The van der Waals surface area contributed by atoms with Crippen molar-refractivity contribution in [1.29, 1.82) is 0 Å². The van der Waals surface area contributed by atoms with E-state index < -0.39 is 5.97 Å². The maximum atomic E-state index is 10.3. The molecule has 23 heavy (non-hydrogen) atoms. The van der Waals surface area contributed by atoms with Crippen molar-refractivity contribution in [3.8, 4) is 0 Å². The van der Waals surface area contributed by atoms with Crippen molar-refractivity contribution in [3.05, 3.63) is 36.5 Å². The lowest BCUT2D eigenvalue weighted by atomic mass is 10.1. The van der Waals surface area contributed by atoms with Gasteiger partial charge in [0.15, 0.2) is 0 Å². The van der Waals surface area contributed by atoms with E-state index in [4.69, 9.17) is 5.11 Å². The molecule has 0 fully saturated rings. The Morgan fingerprint density at radius 2 is 1.87 bits per heavy atom. The van der Waals surface area contributed by atoms with Gasteiger partial charge in [-0.3, -0.25) is 4.79 Å². The van der Waals surface area contributed by atoms with E-state index in [1.54, 1.807) is 0 Å². The number of carboxylic acid groups (broad SMARTS) is 1. The molecule has 0 saturated carbocycles. The summed E-state index contributed by atoms with van der Waals surface area (Å²) in [5.41, 5.74) is 0. The summed E-state index contributed by atoms with van der Waals surface area (Å²) in [5.74, 6) is 1.33. The Morgan fingerprint density at radius 3 is 2.61 bits per heavy atom. The lowest BCUT2D eigenvalue weighted by Crippen LogP contribution is -2.00. The molecule has 0 amide bonds. The van der Waals surface area contributed by atoms with Gasteiger partial charge in [-0.15, -0.1) is 0 Å². The zero-order valence-corrected chi connectivity index (χ0v) is 15.1. The van der Waals surface area contributed by atoms with Gasteiger partial charge in [0.25, 0.3) is 0 Å². The van der Waals surface area contributed by atoms with E-state index in [0.29, 0.717) is 0 Å². The lowest BCUT2D eigenvalue weighted by molar-refractivity contribution is -0.137. The lowest BCUT2D eigenvalue weighted by Gasteiger charge is -2.03. The fourth-order valence-corrected chi connectivity index (χ4v) is 2.65. The number of carboxylic acids is 1. The highest BCUT2D eigenvalue weighted by Crippen LogP contribution is 2.06. The minimum Gasteiger partial charge on any atom is -0.481 e. The topological polar surface area (TPSA) is 57.5 Å². The minimum atomic E-state index is -0.719. The summed E-state index contributed by atoms with van der Waals surface area (Å²) in [7, 11) is 0. The number of rotatable bonds is 15. The zero-order chi connectivity index (χ0) is 17.2. The second kappa shape index (κ2) is 17.4. The second-order valence-corrected chi connectivity index (χ2v) is 6.65. The summed E-state index contributed by atoms with van der Waals surface area (Å²) in [6, 6.07) is 0. The van der Waals surface area contributed by atoms with Gasteiger partial charge in [-0.25, -0.2) is 0 Å². The van der Waals surface area contributed by atoms with Crippen molar-refractivity contribution in [2.45, 2.75) is 64.4 Å². The first kappa shape index (κ1) is 22.0. The van der Waals surface area contributed by atoms with Crippen LogP contribution in [0.2, 0.25) is 0 Å². The van der Waals surface area contributed by atoms with Crippen LogP contribution in [0.25, 0.3) is 0 Å². The van der Waals surface area contributed by atoms with E-state index in [9.17, 15) is 9.90 Å². The molecule has 4 heteroatoms. The third-order valence-electron chi connectivity index (χ3n) is 3.25. The number of allylic oxidation sites excluding steroid dienone is 4. The van der Waals surface area contributed by atoms with Gasteiger partial charge in [-0.05, 0) is 31.4 Å². The van der Waals surface area contributed by atoms with Crippen LogP contribution in [0.4, 0.5) is 0 Å². The van der Waals surface area contributed by atoms with Gasteiger partial charge in [0.05, 0.1) is 6.10 Å². The maximum absolute atomic E-state index is 10.3. The van der Waals surface area contributed by atoms with Gasteiger partial charge in [0.2, 0.25) is 0 Å². The Kier molecular flexibility index (Phi) is 16.6. The number of unbranched alkanes of at least 4 members (excludes halogenated alkanes) is 3. The Bertz CT molecular complexity index is 362. The van der Waals surface area contributed by atoms with E-state index in [1.807, 2.05) is 30.0 Å². The molecule has 0 aliphatic carbocycles. The van der Waals surface area contributed by atoms with Gasteiger partial charge in [0, 0.05) is 12.2 Å². The fraction of sp³-hybridized carbons (Fsp3) is 0.632. The fourth-order valence-electron chi connectivity index (χ4n) is 1.94. The smallest absolute Gasteiger partial charge is 0.303 e. The molecule has 0 aromatic rings. The summed E-state index contributed by atoms with van der Waals surface area (Å²) in [5, 5.41) is 18.2. The van der Waals surface area contributed by atoms with Gasteiger partial charge >= 0.3 is 5.97 Å². The number of aliphatic carboxylic acids is 1. The highest BCUT2D eigenvalue weighted by molar-refractivity contribution is 7.99. The molecule has 0 saturated heterocycles. The van der Waals surface area contributed by atoms with Crippen LogP contribution in [0.1, 0.15) is 58.3 Å². The molecule has 0 rings (SSSR count). The van der Waals surface area contributed by atoms with Crippen LogP contribution in [0.3, 0.4) is 0 Å². The Morgan fingerprint density at radius 1 is 1.09 bits per heavy atom. The third-order valence-corrected chi connectivity index (χ3v) is 4.21. The SMILES string of the molecule is CCCCCC(O)/C=C/C=C/CSCC/C=C/CCCC(=O)O. The molecule has 0 aromatic carbocycles. The van der Waals surface area contributed by atoms with Crippen LogP contribution >= 0.6 is 11.8 Å². The van der Waals surface area contributed by atoms with E-state index >= 15 is 0 Å². The Hall–Kier alpha value is -1.00. The standard InChI is InChI=1S/C19H32O3S/c1-2-3-8-13-18(20)14-9-7-12-17-23-16-11-6-4-5-10-15-19(21)22/h4,6-7,9,12,14,18,20H,2-3,5,8,10-11,13,15-17H2,1H3,(H,21,22)/b6-4+,12-7+,14-9+. The largest absolute Gasteiger partial charge is 0.481 e. The van der Waals surface area contributed by atoms with Crippen LogP contribution in [0.5, 0.6) is 0 Å². The molecule has 0 aromatic heterocycles. The molecule has 1 atom stereocenters. The van der Waals surface area contributed by atoms with Crippen molar-refractivity contribution >= 4 is 17.7 Å². The van der Waals surface area contributed by atoms with Crippen molar-refractivity contribution in [2.75, 3.05) is 11.5 Å². The zero-order valence-electron chi connectivity index (χ0n) is 14.3. The number of aliphatic hydroxyl groups excluding tert-OH is 1. The van der Waals surface area contributed by atoms with Crippen molar-refractivity contribution in [1.82, 2.24) is 0 Å². The van der Waals surface area contributed by atoms with E-state index in [1.165, 1.54) is 12.8 Å². The molecule has 0 heterocycles. The van der Waals surface area contributed by atoms with Crippen molar-refractivity contribution in [3.63, 3.8) is 0 Å². The molecular weight excluding hydrogens is 308 g/mol. The first-order valence-corrected chi connectivity index (χ1v) is 9.78. The number of hydrogen-bond acceptors (Lipinski definition) is 3. The molecule has 132 valence electrons. The molecule has 0 aliphatic rings. The van der Waals surface area contributed by atoms with Crippen LogP contribution in [0, 0.1) is 0 Å². The third kappa shape index (κ3) is 19.0. The van der Waals surface area contributed by atoms with Crippen LogP contribution in [-0.2, 0) is 4.79 Å². The first-order valence-electron chi connectivity index (χ1n) is 8.62. The first-order chi connectivity index (χ1) is 11.2. The summed E-state index contributed by atoms with van der Waals surface area (Å²) >= 11 is 1.87. The molecule has 0 aliphatic heterocycles. The predicted molar refractivity (Wildman–Crippen MR) is 101 cm³/mol. The number of hydrogen-bond donors (Lipinski definition) is 2. The molecule has 1 unspecified atom stereocenters. The van der Waals surface area contributed by atoms with E-state index in [-0.39, 0.29) is 12.5 Å². The summed E-state index contributed by atoms with van der Waals surface area (Å²) in [6.45, 7) is 2.16. The highest BCUT2D eigenvalue weighted by atomic mass is 32.2. The summed E-state index contributed by atoms with van der Waals surface area (Å²) in [4.78, 5) is 10.3. The molecule has 3 nitrogen and oxygen atoms in total. The molecule has 0 spiro atoms. The molecular formula is C19H32O3S. The normalized spacial score (nSPS) is 13.5. The quantitative estimate of drug-likeness (QED) is 0.251. The maximum Gasteiger partial charge on any atom is 0.303 e. The van der Waals surface area contributed by atoms with E-state index in [2.05, 4.69) is 25.2 Å². The average molecular weight is 341 g/mol. The van der Waals surface area contributed by atoms with Gasteiger partial charge in [0.1, 0.15) is 0 Å². The van der Waals surface area contributed by atoms with E-state index in [0.717, 1.165) is 43.6 Å². The number of carbonyl (C=O) groups is 1. The molecule has 0 radical (unpaired) electrons. The second-order valence-electron chi connectivity index (χ2n) is 5.50. The minimum absolute atomic E-state index is 0.255. The number of aliphatic hydroxyl groups is 1. The molecule has 2 N–H and O–H groups in total. The molecule has 0 bridgehead atoms. The van der Waals surface area contributed by atoms with Gasteiger partial charge in [-0.2, -0.15) is 11.8 Å².